The molecule has 0 aliphatic heterocycles. The van der Waals surface area contributed by atoms with E-state index >= 15 is 0 Å². The number of ether oxygens (including phenoxy) is 1. The Kier molecular flexibility index (Phi) is 8.35. The van der Waals surface area contributed by atoms with Gasteiger partial charge < -0.3 is 4.74 Å². The van der Waals surface area contributed by atoms with Gasteiger partial charge in [0, 0.05) is 0 Å². The topological polar surface area (TPSA) is 9.23 Å². The minimum absolute atomic E-state index is 0.536. The van der Waals surface area contributed by atoms with Crippen molar-refractivity contribution in [2.75, 3.05) is 6.61 Å². The summed E-state index contributed by atoms with van der Waals surface area (Å²) in [6, 6.07) is 37.1. The van der Waals surface area contributed by atoms with E-state index in [9.17, 15) is 0 Å². The molecule has 4 aromatic rings. The van der Waals surface area contributed by atoms with E-state index < -0.39 is 0 Å². The summed E-state index contributed by atoms with van der Waals surface area (Å²) in [6.07, 6.45) is 7.51. The van der Waals surface area contributed by atoms with Gasteiger partial charge in [0.15, 0.2) is 0 Å². The summed E-state index contributed by atoms with van der Waals surface area (Å²) < 4.78 is 5.51. The summed E-state index contributed by atoms with van der Waals surface area (Å²) in [7, 11) is 0. The first kappa shape index (κ1) is 23.6. The molecule has 0 bridgehead atoms. The van der Waals surface area contributed by atoms with Gasteiger partial charge in [-0.15, -0.1) is 0 Å². The molecular formula is C33H34O. The minimum atomic E-state index is 0.536. The fourth-order valence-corrected chi connectivity index (χ4v) is 4.21. The highest BCUT2D eigenvalue weighted by molar-refractivity contribution is 5.69. The highest BCUT2D eigenvalue weighted by Gasteiger charge is 2.06. The highest BCUT2D eigenvalue weighted by Crippen LogP contribution is 2.21. The molecule has 0 saturated carbocycles. The molecule has 34 heavy (non-hydrogen) atoms. The Labute approximate surface area is 204 Å². The molecule has 0 fully saturated rings. The first-order valence-electron chi connectivity index (χ1n) is 12.3. The number of aryl methyl sites for hydroxylation is 2. The maximum absolute atomic E-state index is 5.51. The second-order valence-electron chi connectivity index (χ2n) is 8.91. The Bertz CT molecular complexity index is 1150. The molecule has 0 aliphatic rings. The van der Waals surface area contributed by atoms with Crippen molar-refractivity contribution in [2.45, 2.75) is 39.0 Å². The molecular weight excluding hydrogens is 412 g/mol. The smallest absolute Gasteiger partial charge is 0.119 e. The lowest BCUT2D eigenvalue weighted by Crippen LogP contribution is -1.99. The lowest BCUT2D eigenvalue weighted by molar-refractivity contribution is 0.340. The zero-order valence-corrected chi connectivity index (χ0v) is 20.3. The summed E-state index contributed by atoms with van der Waals surface area (Å²) in [5.74, 6) is 1.45. The normalized spacial score (nSPS) is 12.1. The number of rotatable bonds is 10. The average molecular weight is 447 g/mol. The van der Waals surface area contributed by atoms with Crippen molar-refractivity contribution in [1.29, 1.82) is 0 Å². The van der Waals surface area contributed by atoms with Crippen molar-refractivity contribution < 1.29 is 4.74 Å². The van der Waals surface area contributed by atoms with Gasteiger partial charge in [-0.2, -0.15) is 0 Å². The molecule has 1 unspecified atom stereocenters. The van der Waals surface area contributed by atoms with Crippen molar-refractivity contribution in [1.82, 2.24) is 0 Å². The summed E-state index contributed by atoms with van der Waals surface area (Å²) in [4.78, 5) is 0. The highest BCUT2D eigenvalue weighted by atomic mass is 16.5. The first-order chi connectivity index (χ1) is 16.7. The van der Waals surface area contributed by atoms with Crippen molar-refractivity contribution in [3.8, 4) is 5.75 Å². The van der Waals surface area contributed by atoms with Gasteiger partial charge in [0.2, 0.25) is 0 Å². The fourth-order valence-electron chi connectivity index (χ4n) is 4.21. The Hall–Kier alpha value is -3.58. The van der Waals surface area contributed by atoms with E-state index in [1.54, 1.807) is 0 Å². The maximum atomic E-state index is 5.51. The standard InChI is InChI=1S/C33H34O/c1-3-34-33-23-21-30(22-24-33)16-15-28-11-9-27(10-12-28)13-14-29-17-19-31(20-18-29)25-26(2)32-7-5-4-6-8-32/h4-12,15-24,26H,3,13-14,25H2,1-2H3/b16-15+. The van der Waals surface area contributed by atoms with Crippen LogP contribution in [0.25, 0.3) is 12.2 Å². The van der Waals surface area contributed by atoms with Crippen LogP contribution in [0.3, 0.4) is 0 Å². The van der Waals surface area contributed by atoms with Gasteiger partial charge in [0.05, 0.1) is 6.61 Å². The molecule has 0 spiro atoms. The van der Waals surface area contributed by atoms with Crippen LogP contribution in [0.2, 0.25) is 0 Å². The van der Waals surface area contributed by atoms with Crippen LogP contribution in [0.1, 0.15) is 53.1 Å². The molecule has 0 aromatic heterocycles. The second kappa shape index (κ2) is 12.0. The lowest BCUT2D eigenvalue weighted by Gasteiger charge is -2.12. The van der Waals surface area contributed by atoms with Crippen LogP contribution < -0.4 is 4.74 Å². The van der Waals surface area contributed by atoms with E-state index in [2.05, 4.69) is 110 Å². The SMILES string of the molecule is CCOc1ccc(/C=C/c2ccc(CCc3ccc(CC(C)c4ccccc4)cc3)cc2)cc1. The van der Waals surface area contributed by atoms with Crippen molar-refractivity contribution >= 4 is 12.2 Å². The molecule has 0 radical (unpaired) electrons. The van der Waals surface area contributed by atoms with Gasteiger partial charge in [-0.3, -0.25) is 0 Å². The van der Waals surface area contributed by atoms with Crippen LogP contribution >= 0.6 is 0 Å². The van der Waals surface area contributed by atoms with E-state index in [1.165, 1.54) is 33.4 Å². The molecule has 0 amide bonds. The molecule has 1 heteroatoms. The maximum Gasteiger partial charge on any atom is 0.119 e. The van der Waals surface area contributed by atoms with Gasteiger partial charge in [0.1, 0.15) is 5.75 Å². The molecule has 0 aliphatic carbocycles. The van der Waals surface area contributed by atoms with E-state index in [-0.39, 0.29) is 0 Å². The molecule has 4 rings (SSSR count). The molecule has 0 heterocycles. The van der Waals surface area contributed by atoms with Crippen LogP contribution in [0.4, 0.5) is 0 Å². The first-order valence-corrected chi connectivity index (χ1v) is 12.3. The third kappa shape index (κ3) is 6.96. The Balaban J connectivity index is 1.26. The second-order valence-corrected chi connectivity index (χ2v) is 8.91. The van der Waals surface area contributed by atoms with E-state index in [0.29, 0.717) is 12.5 Å². The summed E-state index contributed by atoms with van der Waals surface area (Å²) in [5.41, 5.74) is 7.98. The molecule has 1 nitrogen and oxygen atoms in total. The predicted molar refractivity (Wildman–Crippen MR) is 145 cm³/mol. The third-order valence-corrected chi connectivity index (χ3v) is 6.27. The number of hydrogen-bond acceptors (Lipinski definition) is 1. The van der Waals surface area contributed by atoms with Crippen molar-refractivity contribution in [3.63, 3.8) is 0 Å². The lowest BCUT2D eigenvalue weighted by atomic mass is 9.93. The van der Waals surface area contributed by atoms with Crippen LogP contribution in [0.15, 0.2) is 103 Å². The van der Waals surface area contributed by atoms with Crippen LogP contribution in [-0.2, 0) is 19.3 Å². The van der Waals surface area contributed by atoms with Crippen molar-refractivity contribution in [2.24, 2.45) is 0 Å². The quantitative estimate of drug-likeness (QED) is 0.222. The predicted octanol–water partition coefficient (Wildman–Crippen LogP) is 8.39. The molecule has 1 atom stereocenters. The van der Waals surface area contributed by atoms with Crippen molar-refractivity contribution in [3.05, 3.63) is 137 Å². The molecule has 0 N–H and O–H groups in total. The molecule has 4 aromatic carbocycles. The zero-order chi connectivity index (χ0) is 23.6. The largest absolute Gasteiger partial charge is 0.494 e. The zero-order valence-electron chi connectivity index (χ0n) is 20.3. The van der Waals surface area contributed by atoms with Crippen LogP contribution in [0, 0.1) is 0 Å². The fraction of sp³-hybridized carbons (Fsp3) is 0.212. The molecule has 0 saturated heterocycles. The van der Waals surface area contributed by atoms with Crippen LogP contribution in [0.5, 0.6) is 5.75 Å². The Morgan fingerprint density at radius 3 is 1.68 bits per heavy atom. The van der Waals surface area contributed by atoms with Gasteiger partial charge in [-0.1, -0.05) is 110 Å². The van der Waals surface area contributed by atoms with E-state index in [4.69, 9.17) is 4.74 Å². The average Bonchev–Trinajstić information content (AvgIpc) is 2.89. The number of hydrogen-bond donors (Lipinski definition) is 0. The van der Waals surface area contributed by atoms with Gasteiger partial charge in [0.25, 0.3) is 0 Å². The van der Waals surface area contributed by atoms with Gasteiger partial charge in [-0.25, -0.2) is 0 Å². The van der Waals surface area contributed by atoms with Crippen LogP contribution in [-0.4, -0.2) is 6.61 Å². The molecule has 172 valence electrons. The summed E-state index contributed by atoms with van der Waals surface area (Å²) >= 11 is 0. The number of benzene rings is 4. The summed E-state index contributed by atoms with van der Waals surface area (Å²) in [6.45, 7) is 5.00. The van der Waals surface area contributed by atoms with E-state index in [1.807, 2.05) is 19.1 Å². The van der Waals surface area contributed by atoms with E-state index in [0.717, 1.165) is 25.0 Å². The monoisotopic (exact) mass is 446 g/mol. The van der Waals surface area contributed by atoms with Gasteiger partial charge >= 0.3 is 0 Å². The third-order valence-electron chi connectivity index (χ3n) is 6.27. The Morgan fingerprint density at radius 1 is 0.618 bits per heavy atom. The van der Waals surface area contributed by atoms with Gasteiger partial charge in [-0.05, 0) is 77.6 Å². The minimum Gasteiger partial charge on any atom is -0.494 e. The summed E-state index contributed by atoms with van der Waals surface area (Å²) in [5, 5.41) is 0. The Morgan fingerprint density at radius 2 is 1.12 bits per heavy atom.